The van der Waals surface area contributed by atoms with E-state index in [1.165, 1.54) is 4.31 Å². The molecule has 2 aromatic rings. The van der Waals surface area contributed by atoms with Crippen molar-refractivity contribution in [3.63, 3.8) is 0 Å². The van der Waals surface area contributed by atoms with E-state index in [1.54, 1.807) is 25.1 Å². The van der Waals surface area contributed by atoms with Crippen molar-refractivity contribution in [1.29, 1.82) is 0 Å². The van der Waals surface area contributed by atoms with Crippen molar-refractivity contribution in [3.05, 3.63) is 53.6 Å². The number of hydrogen-bond acceptors (Lipinski definition) is 5. The standard InChI is InChI=1S/C23H32N2O5S/c1-6-20(25(31(5,27)28)19-11-9-10-17(4)14-19)23(26)24-16-18-12-13-21(29-7-2)22(15-18)30-8-3/h9-15,20H,6-8,16H2,1-5H3,(H,24,26)/t20-/m0/s1. The molecule has 0 radical (unpaired) electrons. The largest absolute Gasteiger partial charge is 0.490 e. The van der Waals surface area contributed by atoms with Gasteiger partial charge < -0.3 is 14.8 Å². The summed E-state index contributed by atoms with van der Waals surface area (Å²) in [5.74, 6) is 0.899. The summed E-state index contributed by atoms with van der Waals surface area (Å²) in [6.45, 7) is 8.72. The molecule has 0 aromatic heterocycles. The molecule has 0 bridgehead atoms. The molecule has 0 saturated carbocycles. The van der Waals surface area contributed by atoms with Crippen LogP contribution in [-0.2, 0) is 21.4 Å². The second-order valence-corrected chi connectivity index (χ2v) is 9.05. The van der Waals surface area contributed by atoms with E-state index in [0.29, 0.717) is 36.8 Å². The molecule has 0 heterocycles. The first-order chi connectivity index (χ1) is 14.7. The third-order valence-electron chi connectivity index (χ3n) is 4.66. The number of aryl methyl sites for hydroxylation is 1. The Bertz CT molecular complexity index is 991. The van der Waals surface area contributed by atoms with Gasteiger partial charge in [-0.2, -0.15) is 0 Å². The fourth-order valence-electron chi connectivity index (χ4n) is 3.34. The van der Waals surface area contributed by atoms with Crippen LogP contribution in [0.1, 0.15) is 38.3 Å². The van der Waals surface area contributed by atoms with E-state index < -0.39 is 16.1 Å². The number of sulfonamides is 1. The summed E-state index contributed by atoms with van der Waals surface area (Å²) in [7, 11) is -3.66. The molecule has 2 rings (SSSR count). The summed E-state index contributed by atoms with van der Waals surface area (Å²) in [6, 6.07) is 11.8. The molecule has 0 aliphatic rings. The highest BCUT2D eigenvalue weighted by Gasteiger charge is 2.31. The SMILES string of the molecule is CCOc1ccc(CNC(=O)[C@H](CC)N(c2cccc(C)c2)S(C)(=O)=O)cc1OCC. The van der Waals surface area contributed by atoms with Crippen LogP contribution in [0.3, 0.4) is 0 Å². The minimum Gasteiger partial charge on any atom is -0.490 e. The molecule has 0 saturated heterocycles. The first kappa shape index (κ1) is 24.5. The number of rotatable bonds is 11. The van der Waals surface area contributed by atoms with Crippen LogP contribution >= 0.6 is 0 Å². The summed E-state index contributed by atoms with van der Waals surface area (Å²) in [6.07, 6.45) is 1.45. The molecule has 31 heavy (non-hydrogen) atoms. The zero-order chi connectivity index (χ0) is 23.0. The fourth-order valence-corrected chi connectivity index (χ4v) is 4.54. The molecule has 0 spiro atoms. The van der Waals surface area contributed by atoms with Crippen molar-refractivity contribution in [2.45, 2.75) is 46.7 Å². The Morgan fingerprint density at radius 2 is 1.71 bits per heavy atom. The lowest BCUT2D eigenvalue weighted by atomic mass is 10.1. The quantitative estimate of drug-likeness (QED) is 0.567. The molecule has 1 atom stereocenters. The van der Waals surface area contributed by atoms with Gasteiger partial charge in [0, 0.05) is 6.54 Å². The zero-order valence-electron chi connectivity index (χ0n) is 18.8. The molecule has 1 amide bonds. The molecule has 0 aliphatic carbocycles. The summed E-state index contributed by atoms with van der Waals surface area (Å²) in [5.41, 5.74) is 2.22. The van der Waals surface area contributed by atoms with Crippen LogP contribution in [0, 0.1) is 6.92 Å². The minimum absolute atomic E-state index is 0.243. The molecule has 8 heteroatoms. The Labute approximate surface area is 185 Å². The molecule has 7 nitrogen and oxygen atoms in total. The molecule has 2 aromatic carbocycles. The van der Waals surface area contributed by atoms with Gasteiger partial charge in [0.25, 0.3) is 0 Å². The maximum absolute atomic E-state index is 13.0. The van der Waals surface area contributed by atoms with Crippen LogP contribution < -0.4 is 19.1 Å². The lowest BCUT2D eigenvalue weighted by molar-refractivity contribution is -0.122. The lowest BCUT2D eigenvalue weighted by Crippen LogP contribution is -2.49. The highest BCUT2D eigenvalue weighted by atomic mass is 32.2. The van der Waals surface area contributed by atoms with E-state index in [-0.39, 0.29) is 12.5 Å². The number of carbonyl (C=O) groups excluding carboxylic acids is 1. The van der Waals surface area contributed by atoms with Crippen molar-refractivity contribution in [2.24, 2.45) is 0 Å². The maximum atomic E-state index is 13.0. The third-order valence-corrected chi connectivity index (χ3v) is 5.84. The predicted molar refractivity (Wildman–Crippen MR) is 123 cm³/mol. The second-order valence-electron chi connectivity index (χ2n) is 7.19. The highest BCUT2D eigenvalue weighted by molar-refractivity contribution is 7.92. The number of carbonyl (C=O) groups is 1. The van der Waals surface area contributed by atoms with Crippen LogP contribution in [0.4, 0.5) is 5.69 Å². The molecule has 0 fully saturated rings. The number of anilines is 1. The third kappa shape index (κ3) is 6.62. The number of benzene rings is 2. The number of ether oxygens (including phenoxy) is 2. The highest BCUT2D eigenvalue weighted by Crippen LogP contribution is 2.29. The van der Waals surface area contributed by atoms with E-state index in [9.17, 15) is 13.2 Å². The van der Waals surface area contributed by atoms with Crippen LogP contribution in [0.25, 0.3) is 0 Å². The normalized spacial score (nSPS) is 12.2. The summed E-state index contributed by atoms with van der Waals surface area (Å²) in [5, 5.41) is 2.87. The Hall–Kier alpha value is -2.74. The van der Waals surface area contributed by atoms with Gasteiger partial charge in [-0.15, -0.1) is 0 Å². The van der Waals surface area contributed by atoms with Crippen molar-refractivity contribution >= 4 is 21.6 Å². The number of amides is 1. The van der Waals surface area contributed by atoms with Gasteiger partial charge in [0.2, 0.25) is 15.9 Å². The molecular weight excluding hydrogens is 416 g/mol. The topological polar surface area (TPSA) is 84.9 Å². The van der Waals surface area contributed by atoms with Crippen LogP contribution in [0.2, 0.25) is 0 Å². The molecule has 0 unspecified atom stereocenters. The van der Waals surface area contributed by atoms with Crippen molar-refractivity contribution in [2.75, 3.05) is 23.8 Å². The smallest absolute Gasteiger partial charge is 0.244 e. The Kier molecular flexibility index (Phi) is 8.74. The summed E-state index contributed by atoms with van der Waals surface area (Å²) < 4.78 is 37.5. The van der Waals surface area contributed by atoms with Gasteiger partial charge in [0.05, 0.1) is 25.2 Å². The monoisotopic (exact) mass is 448 g/mol. The lowest BCUT2D eigenvalue weighted by Gasteiger charge is -2.30. The van der Waals surface area contributed by atoms with Gasteiger partial charge in [-0.05, 0) is 62.6 Å². The van der Waals surface area contributed by atoms with Crippen molar-refractivity contribution in [1.82, 2.24) is 5.32 Å². The van der Waals surface area contributed by atoms with E-state index >= 15 is 0 Å². The number of nitrogens with one attached hydrogen (secondary N) is 1. The molecule has 0 aliphatic heterocycles. The predicted octanol–water partition coefficient (Wildman–Crippen LogP) is 3.65. The van der Waals surface area contributed by atoms with Crippen LogP contribution in [0.5, 0.6) is 11.5 Å². The van der Waals surface area contributed by atoms with Crippen molar-refractivity contribution in [3.8, 4) is 11.5 Å². The summed E-state index contributed by atoms with van der Waals surface area (Å²) in [4.78, 5) is 13.0. The Morgan fingerprint density at radius 1 is 1.03 bits per heavy atom. The van der Waals surface area contributed by atoms with Gasteiger partial charge in [0.1, 0.15) is 6.04 Å². The van der Waals surface area contributed by atoms with Gasteiger partial charge in [-0.1, -0.05) is 25.1 Å². The van der Waals surface area contributed by atoms with Gasteiger partial charge in [0.15, 0.2) is 11.5 Å². The maximum Gasteiger partial charge on any atom is 0.244 e. The van der Waals surface area contributed by atoms with Crippen molar-refractivity contribution < 1.29 is 22.7 Å². The van der Waals surface area contributed by atoms with E-state index in [2.05, 4.69) is 5.32 Å². The second kappa shape index (κ2) is 11.0. The summed E-state index contributed by atoms with van der Waals surface area (Å²) >= 11 is 0. The zero-order valence-corrected chi connectivity index (χ0v) is 19.7. The van der Waals surface area contributed by atoms with E-state index in [4.69, 9.17) is 9.47 Å². The Balaban J connectivity index is 2.22. The Morgan fingerprint density at radius 3 is 2.29 bits per heavy atom. The number of hydrogen-bond donors (Lipinski definition) is 1. The first-order valence-corrected chi connectivity index (χ1v) is 12.3. The first-order valence-electron chi connectivity index (χ1n) is 10.4. The van der Waals surface area contributed by atoms with Crippen LogP contribution in [-0.4, -0.2) is 39.8 Å². The molecular formula is C23H32N2O5S. The average molecular weight is 449 g/mol. The van der Waals surface area contributed by atoms with E-state index in [0.717, 1.165) is 17.4 Å². The average Bonchev–Trinajstić information content (AvgIpc) is 2.71. The number of nitrogens with zero attached hydrogens (tertiary/aromatic N) is 1. The fraction of sp³-hybridized carbons (Fsp3) is 0.435. The molecule has 170 valence electrons. The van der Waals surface area contributed by atoms with Gasteiger partial charge >= 0.3 is 0 Å². The van der Waals surface area contributed by atoms with Gasteiger partial charge in [-0.25, -0.2) is 8.42 Å². The minimum atomic E-state index is -3.66. The van der Waals surface area contributed by atoms with Crippen LogP contribution in [0.15, 0.2) is 42.5 Å². The van der Waals surface area contributed by atoms with Gasteiger partial charge in [-0.3, -0.25) is 9.10 Å². The van der Waals surface area contributed by atoms with E-state index in [1.807, 2.05) is 45.0 Å². The molecule has 1 N–H and O–H groups in total.